The highest BCUT2D eigenvalue weighted by atomic mass is 14.9. The summed E-state index contributed by atoms with van der Waals surface area (Å²) in [6, 6.07) is 14.4. The van der Waals surface area contributed by atoms with Gasteiger partial charge in [-0.15, -0.1) is 0 Å². The summed E-state index contributed by atoms with van der Waals surface area (Å²) in [5, 5.41) is 1.31. The number of hydrogen-bond acceptors (Lipinski definition) is 2. The second-order valence-corrected chi connectivity index (χ2v) is 4.72. The fourth-order valence-corrected chi connectivity index (χ4v) is 2.73. The van der Waals surface area contributed by atoms with E-state index in [-0.39, 0.29) is 0 Å². The molecule has 92 valence electrons. The predicted octanol–water partition coefficient (Wildman–Crippen LogP) is 2.96. The predicted molar refractivity (Wildman–Crippen MR) is 76.7 cm³/mol. The number of aromatic nitrogens is 2. The van der Waals surface area contributed by atoms with Crippen LogP contribution in [0.5, 0.6) is 0 Å². The monoisotopic (exact) mass is 247 g/mol. The number of hydrogen-bond donors (Lipinski definition) is 1. The van der Waals surface area contributed by atoms with E-state index < -0.39 is 0 Å². The van der Waals surface area contributed by atoms with Crippen molar-refractivity contribution in [1.82, 2.24) is 9.97 Å². The summed E-state index contributed by atoms with van der Waals surface area (Å²) >= 11 is 0. The summed E-state index contributed by atoms with van der Waals surface area (Å²) in [4.78, 5) is 12.6. The molecule has 0 atom stereocenters. The first-order chi connectivity index (χ1) is 9.43. The van der Waals surface area contributed by atoms with Crippen molar-refractivity contribution < 1.29 is 0 Å². The Morgan fingerprint density at radius 3 is 2.79 bits per heavy atom. The molecule has 0 fully saturated rings. The van der Waals surface area contributed by atoms with Gasteiger partial charge in [0.25, 0.3) is 0 Å². The van der Waals surface area contributed by atoms with Gasteiger partial charge in [-0.05, 0) is 30.2 Å². The number of para-hydroxylation sites is 1. The van der Waals surface area contributed by atoms with Crippen LogP contribution in [-0.4, -0.2) is 22.2 Å². The molecule has 2 aromatic heterocycles. The number of H-pyrrole nitrogens is 1. The van der Waals surface area contributed by atoms with E-state index in [0.717, 1.165) is 30.1 Å². The van der Waals surface area contributed by atoms with Crippen LogP contribution in [0.2, 0.25) is 0 Å². The topological polar surface area (TPSA) is 41.0 Å². The highest BCUT2D eigenvalue weighted by Gasteiger charge is 2.20. The number of aliphatic imine (C=N–C) groups is 1. The van der Waals surface area contributed by atoms with Crippen LogP contribution in [0.3, 0.4) is 0 Å². The number of nitrogens with zero attached hydrogens (tertiary/aromatic N) is 2. The van der Waals surface area contributed by atoms with Gasteiger partial charge in [0.05, 0.1) is 11.4 Å². The molecule has 3 heterocycles. The molecule has 0 saturated heterocycles. The lowest BCUT2D eigenvalue weighted by molar-refractivity contribution is 0.945. The molecular weight excluding hydrogens is 234 g/mol. The van der Waals surface area contributed by atoms with Gasteiger partial charge in [-0.1, -0.05) is 24.3 Å². The number of rotatable bonds is 1. The van der Waals surface area contributed by atoms with Crippen LogP contribution in [0, 0.1) is 0 Å². The van der Waals surface area contributed by atoms with Crippen molar-refractivity contribution in [3.05, 3.63) is 65.6 Å². The van der Waals surface area contributed by atoms with E-state index in [0.29, 0.717) is 0 Å². The standard InChI is InChI=1S/C16H13N3/c1-2-6-13-11(5-1)12-8-10-18-16(15(12)19-13)14-7-3-4-9-17-14/h1-7,9,19H,8,10H2. The molecule has 0 bridgehead atoms. The van der Waals surface area contributed by atoms with Crippen LogP contribution in [0.25, 0.3) is 10.9 Å². The summed E-state index contributed by atoms with van der Waals surface area (Å²) < 4.78 is 0. The molecule has 0 radical (unpaired) electrons. The largest absolute Gasteiger partial charge is 0.353 e. The third kappa shape index (κ3) is 1.58. The molecule has 19 heavy (non-hydrogen) atoms. The molecule has 1 aliphatic heterocycles. The van der Waals surface area contributed by atoms with E-state index in [4.69, 9.17) is 0 Å². The van der Waals surface area contributed by atoms with E-state index in [9.17, 15) is 0 Å². The lowest BCUT2D eigenvalue weighted by Crippen LogP contribution is -2.14. The second kappa shape index (κ2) is 4.05. The van der Waals surface area contributed by atoms with Gasteiger partial charge in [-0.25, -0.2) is 0 Å². The van der Waals surface area contributed by atoms with Crippen LogP contribution >= 0.6 is 0 Å². The fourth-order valence-electron chi connectivity index (χ4n) is 2.73. The Balaban J connectivity index is 1.96. The average molecular weight is 247 g/mol. The molecule has 3 aromatic rings. The first-order valence-corrected chi connectivity index (χ1v) is 6.49. The van der Waals surface area contributed by atoms with Crippen molar-refractivity contribution in [3.8, 4) is 0 Å². The molecule has 3 nitrogen and oxygen atoms in total. The quantitative estimate of drug-likeness (QED) is 0.705. The molecule has 0 unspecified atom stereocenters. The molecule has 1 aliphatic rings. The third-order valence-corrected chi connectivity index (χ3v) is 3.59. The molecule has 0 amide bonds. The maximum absolute atomic E-state index is 4.66. The Morgan fingerprint density at radius 1 is 1.00 bits per heavy atom. The summed E-state index contributed by atoms with van der Waals surface area (Å²) in [6.07, 6.45) is 2.81. The Bertz CT molecular complexity index is 769. The van der Waals surface area contributed by atoms with Crippen LogP contribution in [0.1, 0.15) is 17.0 Å². The number of fused-ring (bicyclic) bond motifs is 3. The highest BCUT2D eigenvalue weighted by molar-refractivity contribution is 6.14. The summed E-state index contributed by atoms with van der Waals surface area (Å²) in [7, 11) is 0. The van der Waals surface area contributed by atoms with Gasteiger partial charge in [0.2, 0.25) is 0 Å². The molecule has 3 heteroatoms. The van der Waals surface area contributed by atoms with E-state index in [1.165, 1.54) is 16.5 Å². The Hall–Kier alpha value is -2.42. The van der Waals surface area contributed by atoms with Gasteiger partial charge in [-0.2, -0.15) is 0 Å². The van der Waals surface area contributed by atoms with E-state index in [1.807, 2.05) is 24.4 Å². The number of aromatic amines is 1. The van der Waals surface area contributed by atoms with Crippen LogP contribution in [-0.2, 0) is 6.42 Å². The first-order valence-electron chi connectivity index (χ1n) is 6.49. The Morgan fingerprint density at radius 2 is 1.89 bits per heavy atom. The Kier molecular flexibility index (Phi) is 2.24. The third-order valence-electron chi connectivity index (χ3n) is 3.59. The zero-order valence-corrected chi connectivity index (χ0v) is 10.4. The summed E-state index contributed by atoms with van der Waals surface area (Å²) in [5.74, 6) is 0. The number of nitrogens with one attached hydrogen (secondary N) is 1. The van der Waals surface area contributed by atoms with Crippen molar-refractivity contribution >= 4 is 16.6 Å². The molecule has 0 saturated carbocycles. The van der Waals surface area contributed by atoms with Crippen molar-refractivity contribution in [2.45, 2.75) is 6.42 Å². The van der Waals surface area contributed by atoms with Gasteiger partial charge in [0, 0.05) is 23.6 Å². The minimum atomic E-state index is 0.834. The van der Waals surface area contributed by atoms with Crippen LogP contribution < -0.4 is 0 Å². The molecule has 0 aliphatic carbocycles. The van der Waals surface area contributed by atoms with E-state index >= 15 is 0 Å². The first kappa shape index (κ1) is 10.5. The van der Waals surface area contributed by atoms with Crippen molar-refractivity contribution in [3.63, 3.8) is 0 Å². The average Bonchev–Trinajstić information content (AvgIpc) is 2.87. The van der Waals surface area contributed by atoms with Gasteiger partial charge in [0.15, 0.2) is 0 Å². The minimum Gasteiger partial charge on any atom is -0.353 e. The summed E-state index contributed by atoms with van der Waals surface area (Å²) in [6.45, 7) is 0.834. The lowest BCUT2D eigenvalue weighted by atomic mass is 10.0. The maximum atomic E-state index is 4.66. The van der Waals surface area contributed by atoms with Gasteiger partial charge < -0.3 is 4.98 Å². The van der Waals surface area contributed by atoms with Crippen molar-refractivity contribution in [2.75, 3.05) is 6.54 Å². The van der Waals surface area contributed by atoms with Gasteiger partial charge >= 0.3 is 0 Å². The second-order valence-electron chi connectivity index (χ2n) is 4.72. The lowest BCUT2D eigenvalue weighted by Gasteiger charge is -2.12. The van der Waals surface area contributed by atoms with Gasteiger partial charge in [-0.3, -0.25) is 9.98 Å². The highest BCUT2D eigenvalue weighted by Crippen LogP contribution is 2.27. The fraction of sp³-hybridized carbons (Fsp3) is 0.125. The molecule has 1 aromatic carbocycles. The van der Waals surface area contributed by atoms with Crippen LogP contribution in [0.4, 0.5) is 0 Å². The normalized spacial score (nSPS) is 14.2. The number of benzene rings is 1. The van der Waals surface area contributed by atoms with Crippen molar-refractivity contribution in [1.29, 1.82) is 0 Å². The van der Waals surface area contributed by atoms with Crippen LogP contribution in [0.15, 0.2) is 53.7 Å². The maximum Gasteiger partial charge on any atom is 0.107 e. The smallest absolute Gasteiger partial charge is 0.107 e. The minimum absolute atomic E-state index is 0.834. The zero-order chi connectivity index (χ0) is 12.7. The molecular formula is C16H13N3. The number of pyridine rings is 1. The molecule has 0 spiro atoms. The van der Waals surface area contributed by atoms with Gasteiger partial charge in [0.1, 0.15) is 5.71 Å². The molecule has 4 rings (SSSR count). The van der Waals surface area contributed by atoms with E-state index in [1.54, 1.807) is 0 Å². The Labute approximate surface area is 111 Å². The van der Waals surface area contributed by atoms with Crippen molar-refractivity contribution in [2.24, 2.45) is 4.99 Å². The van der Waals surface area contributed by atoms with E-state index in [2.05, 4.69) is 39.2 Å². The molecule has 1 N–H and O–H groups in total. The SMILES string of the molecule is c1ccc(C2=NCCc3c2[nH]c2ccccc32)nc1. The zero-order valence-electron chi connectivity index (χ0n) is 10.4. The summed E-state index contributed by atoms with van der Waals surface area (Å²) in [5.41, 5.74) is 5.60.